The molecule has 1 unspecified atom stereocenters. The Labute approximate surface area is 157 Å². The van der Waals surface area contributed by atoms with E-state index in [0.29, 0.717) is 30.2 Å². The quantitative estimate of drug-likeness (QED) is 0.767. The number of amides is 2. The molecular formula is C19H24N4O4. The number of ether oxygens (including phenoxy) is 2. The van der Waals surface area contributed by atoms with Crippen LogP contribution in [0.5, 0.6) is 11.5 Å². The number of methoxy groups -OCH3 is 1. The Hall–Kier alpha value is -3.03. The number of piperidine rings is 1. The van der Waals surface area contributed by atoms with E-state index in [0.717, 1.165) is 19.4 Å². The third kappa shape index (κ3) is 4.99. The zero-order valence-electron chi connectivity index (χ0n) is 15.3. The summed E-state index contributed by atoms with van der Waals surface area (Å²) in [4.78, 5) is 26.3. The van der Waals surface area contributed by atoms with E-state index < -0.39 is 0 Å². The average Bonchev–Trinajstić information content (AvgIpc) is 3.25. The van der Waals surface area contributed by atoms with E-state index in [9.17, 15) is 9.59 Å². The van der Waals surface area contributed by atoms with Gasteiger partial charge in [0.25, 0.3) is 11.8 Å². The minimum atomic E-state index is -0.195. The second-order valence-electron chi connectivity index (χ2n) is 6.49. The molecule has 2 aromatic rings. The van der Waals surface area contributed by atoms with Gasteiger partial charge in [-0.25, -0.2) is 0 Å². The van der Waals surface area contributed by atoms with Crippen LogP contribution in [0.25, 0.3) is 0 Å². The molecule has 1 fully saturated rings. The highest BCUT2D eigenvalue weighted by Crippen LogP contribution is 2.25. The molecule has 1 aliphatic rings. The Balaban J connectivity index is 1.44. The summed E-state index contributed by atoms with van der Waals surface area (Å²) in [5.41, 5.74) is 0.560. The fraction of sp³-hybridized carbons (Fsp3) is 0.421. The number of H-pyrrole nitrogens is 1. The minimum absolute atomic E-state index is 0.0284. The normalized spacial score (nSPS) is 16.6. The topological polar surface area (TPSA) is 96.6 Å². The maximum Gasteiger partial charge on any atom is 0.257 e. The first-order valence-corrected chi connectivity index (χ1v) is 8.98. The highest BCUT2D eigenvalue weighted by Gasteiger charge is 2.25. The lowest BCUT2D eigenvalue weighted by molar-refractivity contribution is -0.123. The van der Waals surface area contributed by atoms with E-state index in [1.165, 1.54) is 6.20 Å². The lowest BCUT2D eigenvalue weighted by Gasteiger charge is -2.32. The van der Waals surface area contributed by atoms with E-state index in [2.05, 4.69) is 15.5 Å². The van der Waals surface area contributed by atoms with Crippen molar-refractivity contribution in [1.82, 2.24) is 20.4 Å². The predicted molar refractivity (Wildman–Crippen MR) is 98.7 cm³/mol. The summed E-state index contributed by atoms with van der Waals surface area (Å²) >= 11 is 0. The Kier molecular flexibility index (Phi) is 6.30. The Bertz CT molecular complexity index is 763. The van der Waals surface area contributed by atoms with E-state index in [1.807, 2.05) is 17.0 Å². The molecule has 2 heterocycles. The number of nitrogens with zero attached hydrogens (tertiary/aromatic N) is 2. The van der Waals surface area contributed by atoms with Crippen molar-refractivity contribution >= 4 is 11.8 Å². The van der Waals surface area contributed by atoms with Gasteiger partial charge in [0.1, 0.15) is 0 Å². The zero-order valence-corrected chi connectivity index (χ0v) is 15.3. The van der Waals surface area contributed by atoms with Gasteiger partial charge in [0.05, 0.1) is 18.9 Å². The first-order valence-electron chi connectivity index (χ1n) is 8.98. The van der Waals surface area contributed by atoms with E-state index >= 15 is 0 Å². The Morgan fingerprint density at radius 3 is 2.89 bits per heavy atom. The van der Waals surface area contributed by atoms with Crippen LogP contribution in [0, 0.1) is 5.92 Å². The first kappa shape index (κ1) is 18.8. The third-order valence-corrected chi connectivity index (χ3v) is 4.57. The maximum atomic E-state index is 12.4. The number of benzene rings is 1. The van der Waals surface area contributed by atoms with E-state index in [-0.39, 0.29) is 24.3 Å². The van der Waals surface area contributed by atoms with Gasteiger partial charge in [-0.05, 0) is 30.9 Å². The number of carbonyl (C=O) groups is 2. The largest absolute Gasteiger partial charge is 0.493 e. The number of hydrogen-bond donors (Lipinski definition) is 2. The van der Waals surface area contributed by atoms with Crippen molar-refractivity contribution in [2.75, 3.05) is 33.4 Å². The molecule has 27 heavy (non-hydrogen) atoms. The molecule has 1 aromatic carbocycles. The van der Waals surface area contributed by atoms with Gasteiger partial charge >= 0.3 is 0 Å². The van der Waals surface area contributed by atoms with Gasteiger partial charge in [0.2, 0.25) is 0 Å². The first-order chi connectivity index (χ1) is 13.2. The molecule has 2 N–H and O–H groups in total. The molecular weight excluding hydrogens is 348 g/mol. The zero-order chi connectivity index (χ0) is 19.1. The second-order valence-corrected chi connectivity index (χ2v) is 6.49. The van der Waals surface area contributed by atoms with Crippen molar-refractivity contribution in [3.63, 3.8) is 0 Å². The number of aromatic nitrogens is 2. The maximum absolute atomic E-state index is 12.4. The summed E-state index contributed by atoms with van der Waals surface area (Å²) in [6.07, 6.45) is 5.02. The van der Waals surface area contributed by atoms with Crippen LogP contribution in [-0.4, -0.2) is 60.3 Å². The smallest absolute Gasteiger partial charge is 0.257 e. The number of aromatic amines is 1. The van der Waals surface area contributed by atoms with Gasteiger partial charge in [0, 0.05) is 25.8 Å². The van der Waals surface area contributed by atoms with E-state index in [1.54, 1.807) is 25.4 Å². The predicted octanol–water partition coefficient (Wildman–Crippen LogP) is 1.47. The van der Waals surface area contributed by atoms with Crippen LogP contribution in [-0.2, 0) is 4.79 Å². The highest BCUT2D eigenvalue weighted by molar-refractivity contribution is 5.93. The molecule has 0 bridgehead atoms. The highest BCUT2D eigenvalue weighted by atomic mass is 16.5. The Morgan fingerprint density at radius 2 is 2.15 bits per heavy atom. The van der Waals surface area contributed by atoms with Gasteiger partial charge < -0.3 is 19.7 Å². The molecule has 1 aliphatic heterocycles. The van der Waals surface area contributed by atoms with Crippen LogP contribution < -0.4 is 14.8 Å². The molecule has 8 heteroatoms. The van der Waals surface area contributed by atoms with Crippen LogP contribution >= 0.6 is 0 Å². The summed E-state index contributed by atoms with van der Waals surface area (Å²) in [7, 11) is 1.56. The second kappa shape index (κ2) is 9.07. The number of nitrogens with one attached hydrogen (secondary N) is 2. The van der Waals surface area contributed by atoms with Crippen LogP contribution in [0.4, 0.5) is 0 Å². The van der Waals surface area contributed by atoms with Crippen molar-refractivity contribution in [2.24, 2.45) is 5.92 Å². The monoisotopic (exact) mass is 372 g/mol. The van der Waals surface area contributed by atoms with Crippen LogP contribution in [0.1, 0.15) is 23.2 Å². The fourth-order valence-electron chi connectivity index (χ4n) is 3.16. The molecule has 8 nitrogen and oxygen atoms in total. The fourth-order valence-corrected chi connectivity index (χ4v) is 3.16. The molecule has 0 spiro atoms. The summed E-state index contributed by atoms with van der Waals surface area (Å²) in [5, 5.41) is 9.37. The Morgan fingerprint density at radius 1 is 1.33 bits per heavy atom. The van der Waals surface area contributed by atoms with Gasteiger partial charge in [-0.1, -0.05) is 12.1 Å². The van der Waals surface area contributed by atoms with Gasteiger partial charge in [-0.2, -0.15) is 5.10 Å². The molecule has 0 radical (unpaired) electrons. The van der Waals surface area contributed by atoms with Crippen molar-refractivity contribution in [3.05, 3.63) is 42.2 Å². The number of rotatable bonds is 7. The van der Waals surface area contributed by atoms with Gasteiger partial charge in [-0.3, -0.25) is 14.7 Å². The molecule has 2 amide bonds. The standard InChI is InChI=1S/C19H24N4O4/c1-26-16-6-2-3-7-17(16)27-13-18(24)20-9-14-5-4-8-23(12-14)19(25)15-10-21-22-11-15/h2-3,6-7,10-11,14H,4-5,8-9,12-13H2,1H3,(H,20,24)(H,21,22). The summed E-state index contributed by atoms with van der Waals surface area (Å²) < 4.78 is 10.7. The van der Waals surface area contributed by atoms with Crippen molar-refractivity contribution in [2.45, 2.75) is 12.8 Å². The van der Waals surface area contributed by atoms with Crippen molar-refractivity contribution in [1.29, 1.82) is 0 Å². The molecule has 1 atom stereocenters. The van der Waals surface area contributed by atoms with E-state index in [4.69, 9.17) is 9.47 Å². The van der Waals surface area contributed by atoms with Gasteiger partial charge in [0.15, 0.2) is 18.1 Å². The van der Waals surface area contributed by atoms with Crippen LogP contribution in [0.15, 0.2) is 36.7 Å². The van der Waals surface area contributed by atoms with Crippen molar-refractivity contribution in [3.8, 4) is 11.5 Å². The third-order valence-electron chi connectivity index (χ3n) is 4.57. The molecule has 144 valence electrons. The number of carbonyl (C=O) groups excluding carboxylic acids is 2. The van der Waals surface area contributed by atoms with Crippen LogP contribution in [0.2, 0.25) is 0 Å². The van der Waals surface area contributed by atoms with Crippen molar-refractivity contribution < 1.29 is 19.1 Å². The summed E-state index contributed by atoms with van der Waals surface area (Å²) in [5.74, 6) is 1.12. The summed E-state index contributed by atoms with van der Waals surface area (Å²) in [6.45, 7) is 1.79. The SMILES string of the molecule is COc1ccccc1OCC(=O)NCC1CCCN(C(=O)c2cn[nH]c2)C1. The molecule has 0 aliphatic carbocycles. The summed E-state index contributed by atoms with van der Waals surface area (Å²) in [6, 6.07) is 7.20. The molecule has 1 saturated heterocycles. The average molecular weight is 372 g/mol. The molecule has 1 aromatic heterocycles. The van der Waals surface area contributed by atoms with Crippen LogP contribution in [0.3, 0.4) is 0 Å². The lowest BCUT2D eigenvalue weighted by atomic mass is 9.97. The van der Waals surface area contributed by atoms with Gasteiger partial charge in [-0.15, -0.1) is 0 Å². The lowest BCUT2D eigenvalue weighted by Crippen LogP contribution is -2.44. The minimum Gasteiger partial charge on any atom is -0.493 e. The number of likely N-dealkylation sites (tertiary alicyclic amines) is 1. The number of para-hydroxylation sites is 2. The molecule has 0 saturated carbocycles. The number of hydrogen-bond acceptors (Lipinski definition) is 5. The molecule has 3 rings (SSSR count).